The van der Waals surface area contributed by atoms with Crippen molar-refractivity contribution in [1.82, 2.24) is 0 Å². The van der Waals surface area contributed by atoms with Gasteiger partial charge in [-0.15, -0.1) is 0 Å². The van der Waals surface area contributed by atoms with Crippen LogP contribution in [0.5, 0.6) is 11.5 Å². The number of aryl methyl sites for hydroxylation is 1. The predicted molar refractivity (Wildman–Crippen MR) is 69.0 cm³/mol. The van der Waals surface area contributed by atoms with E-state index in [4.69, 9.17) is 9.84 Å². The molecule has 0 atom stereocenters. The van der Waals surface area contributed by atoms with E-state index in [9.17, 15) is 4.79 Å². The van der Waals surface area contributed by atoms with Gasteiger partial charge in [0.25, 0.3) is 0 Å². The number of ether oxygens (including phenoxy) is 1. The van der Waals surface area contributed by atoms with Crippen LogP contribution >= 0.6 is 0 Å². The molecule has 0 unspecified atom stereocenters. The topological polar surface area (TPSA) is 46.5 Å². The van der Waals surface area contributed by atoms with Gasteiger partial charge in [0.2, 0.25) is 0 Å². The molecule has 0 saturated heterocycles. The maximum absolute atomic E-state index is 11.0. The van der Waals surface area contributed by atoms with E-state index in [-0.39, 0.29) is 6.61 Å². The SMILES string of the molecule is Cc1ccc(Oc2cccc(CO)c2)c(C=O)c1. The van der Waals surface area contributed by atoms with Crippen molar-refractivity contribution < 1.29 is 14.6 Å². The number of hydrogen-bond acceptors (Lipinski definition) is 3. The maximum atomic E-state index is 11.0. The van der Waals surface area contributed by atoms with Crippen LogP contribution in [-0.2, 0) is 6.61 Å². The van der Waals surface area contributed by atoms with Gasteiger partial charge in [0, 0.05) is 0 Å². The Morgan fingerprint density at radius 2 is 2.06 bits per heavy atom. The third-order valence-corrected chi connectivity index (χ3v) is 2.60. The Bertz CT molecular complexity index is 561. The lowest BCUT2D eigenvalue weighted by Gasteiger charge is -2.09. The molecule has 0 aliphatic rings. The highest BCUT2D eigenvalue weighted by atomic mass is 16.5. The average Bonchev–Trinajstić information content (AvgIpc) is 2.41. The Balaban J connectivity index is 2.30. The van der Waals surface area contributed by atoms with Crippen molar-refractivity contribution in [2.24, 2.45) is 0 Å². The number of rotatable bonds is 4. The third-order valence-electron chi connectivity index (χ3n) is 2.60. The van der Waals surface area contributed by atoms with Gasteiger partial charge < -0.3 is 9.84 Å². The van der Waals surface area contributed by atoms with Crippen molar-refractivity contribution in [3.63, 3.8) is 0 Å². The van der Waals surface area contributed by atoms with E-state index < -0.39 is 0 Å². The van der Waals surface area contributed by atoms with Crippen LogP contribution in [0.1, 0.15) is 21.5 Å². The highest BCUT2D eigenvalue weighted by Gasteiger charge is 2.05. The Morgan fingerprint density at radius 3 is 2.78 bits per heavy atom. The van der Waals surface area contributed by atoms with Crippen molar-refractivity contribution >= 4 is 6.29 Å². The summed E-state index contributed by atoms with van der Waals surface area (Å²) in [6, 6.07) is 12.6. The zero-order valence-corrected chi connectivity index (χ0v) is 10.1. The highest BCUT2D eigenvalue weighted by Crippen LogP contribution is 2.25. The molecule has 92 valence electrons. The molecular weight excluding hydrogens is 228 g/mol. The van der Waals surface area contributed by atoms with Crippen LogP contribution in [0.4, 0.5) is 0 Å². The molecule has 2 rings (SSSR count). The van der Waals surface area contributed by atoms with Gasteiger partial charge in [-0.1, -0.05) is 23.8 Å². The average molecular weight is 242 g/mol. The molecule has 18 heavy (non-hydrogen) atoms. The summed E-state index contributed by atoms with van der Waals surface area (Å²) >= 11 is 0. The van der Waals surface area contributed by atoms with Gasteiger partial charge in [0.1, 0.15) is 11.5 Å². The molecule has 3 heteroatoms. The summed E-state index contributed by atoms with van der Waals surface area (Å²) in [6.45, 7) is 1.88. The van der Waals surface area contributed by atoms with Gasteiger partial charge in [0.05, 0.1) is 12.2 Å². The molecule has 0 fully saturated rings. The number of hydrogen-bond donors (Lipinski definition) is 1. The van der Waals surface area contributed by atoms with Crippen LogP contribution in [0.3, 0.4) is 0 Å². The first-order valence-corrected chi connectivity index (χ1v) is 5.66. The molecule has 2 aromatic carbocycles. The first-order valence-electron chi connectivity index (χ1n) is 5.66. The Morgan fingerprint density at radius 1 is 1.22 bits per heavy atom. The number of benzene rings is 2. The van der Waals surface area contributed by atoms with Crippen molar-refractivity contribution in [3.8, 4) is 11.5 Å². The molecule has 3 nitrogen and oxygen atoms in total. The first-order chi connectivity index (χ1) is 8.72. The monoisotopic (exact) mass is 242 g/mol. The summed E-state index contributed by atoms with van der Waals surface area (Å²) in [7, 11) is 0. The molecular formula is C15H14O3. The van der Waals surface area contributed by atoms with Gasteiger partial charge >= 0.3 is 0 Å². The van der Waals surface area contributed by atoms with Crippen LogP contribution in [0.25, 0.3) is 0 Å². The van der Waals surface area contributed by atoms with Crippen molar-refractivity contribution in [1.29, 1.82) is 0 Å². The van der Waals surface area contributed by atoms with E-state index >= 15 is 0 Å². The second kappa shape index (κ2) is 5.47. The van der Waals surface area contributed by atoms with E-state index in [1.807, 2.05) is 19.1 Å². The minimum Gasteiger partial charge on any atom is -0.457 e. The number of aliphatic hydroxyl groups excluding tert-OH is 1. The molecule has 1 N–H and O–H groups in total. The Hall–Kier alpha value is -2.13. The Labute approximate surface area is 106 Å². The molecule has 0 aromatic heterocycles. The maximum Gasteiger partial charge on any atom is 0.153 e. The van der Waals surface area contributed by atoms with Gasteiger partial charge in [-0.2, -0.15) is 0 Å². The number of carbonyl (C=O) groups excluding carboxylic acids is 1. The van der Waals surface area contributed by atoms with Crippen LogP contribution in [0, 0.1) is 6.92 Å². The summed E-state index contributed by atoms with van der Waals surface area (Å²) in [5, 5.41) is 9.05. The molecule has 0 aliphatic carbocycles. The standard InChI is InChI=1S/C15H14O3/c1-11-5-6-15(13(7-11)10-17)18-14-4-2-3-12(8-14)9-16/h2-8,10,16H,9H2,1H3. The Kier molecular flexibility index (Phi) is 3.75. The molecule has 0 amide bonds. The lowest BCUT2D eigenvalue weighted by atomic mass is 10.1. The van der Waals surface area contributed by atoms with Crippen LogP contribution in [-0.4, -0.2) is 11.4 Å². The van der Waals surface area contributed by atoms with Crippen molar-refractivity contribution in [2.75, 3.05) is 0 Å². The summed E-state index contributed by atoms with van der Waals surface area (Å²) < 4.78 is 5.66. The van der Waals surface area contributed by atoms with E-state index in [1.54, 1.807) is 30.3 Å². The fraction of sp³-hybridized carbons (Fsp3) is 0.133. The zero-order chi connectivity index (χ0) is 13.0. The molecule has 0 radical (unpaired) electrons. The second-order valence-corrected chi connectivity index (χ2v) is 4.07. The summed E-state index contributed by atoms with van der Waals surface area (Å²) in [5.41, 5.74) is 2.30. The first kappa shape index (κ1) is 12.3. The van der Waals surface area contributed by atoms with E-state index in [0.29, 0.717) is 17.1 Å². The smallest absolute Gasteiger partial charge is 0.153 e. The van der Waals surface area contributed by atoms with Crippen molar-refractivity contribution in [3.05, 3.63) is 59.2 Å². The molecule has 0 saturated carbocycles. The number of carbonyl (C=O) groups is 1. The van der Waals surface area contributed by atoms with Crippen molar-refractivity contribution in [2.45, 2.75) is 13.5 Å². The largest absolute Gasteiger partial charge is 0.457 e. The van der Waals surface area contributed by atoms with Gasteiger partial charge in [-0.25, -0.2) is 0 Å². The summed E-state index contributed by atoms with van der Waals surface area (Å²) in [5.74, 6) is 1.12. The lowest BCUT2D eigenvalue weighted by Crippen LogP contribution is -1.92. The van der Waals surface area contributed by atoms with Gasteiger partial charge in [0.15, 0.2) is 6.29 Å². The fourth-order valence-corrected chi connectivity index (χ4v) is 1.69. The van der Waals surface area contributed by atoms with E-state index in [2.05, 4.69) is 0 Å². The minimum atomic E-state index is -0.0361. The molecule has 0 spiro atoms. The third kappa shape index (κ3) is 2.76. The molecule has 2 aromatic rings. The molecule has 0 aliphatic heterocycles. The molecule has 0 heterocycles. The minimum absolute atomic E-state index is 0.0361. The predicted octanol–water partition coefficient (Wildman–Crippen LogP) is 3.09. The summed E-state index contributed by atoms with van der Waals surface area (Å²) in [6.07, 6.45) is 0.776. The number of aliphatic hydroxyl groups is 1. The van der Waals surface area contributed by atoms with Gasteiger partial charge in [-0.3, -0.25) is 4.79 Å². The van der Waals surface area contributed by atoms with Gasteiger partial charge in [-0.05, 0) is 36.8 Å². The van der Waals surface area contributed by atoms with Crippen LogP contribution in [0.2, 0.25) is 0 Å². The van der Waals surface area contributed by atoms with Crippen LogP contribution < -0.4 is 4.74 Å². The lowest BCUT2D eigenvalue weighted by molar-refractivity contribution is 0.112. The normalized spacial score (nSPS) is 10.1. The van der Waals surface area contributed by atoms with Crippen LogP contribution in [0.15, 0.2) is 42.5 Å². The summed E-state index contributed by atoms with van der Waals surface area (Å²) in [4.78, 5) is 11.0. The van der Waals surface area contributed by atoms with E-state index in [0.717, 1.165) is 17.4 Å². The van der Waals surface area contributed by atoms with E-state index in [1.165, 1.54) is 0 Å². The quantitative estimate of drug-likeness (QED) is 0.838. The zero-order valence-electron chi connectivity index (χ0n) is 10.1. The fourth-order valence-electron chi connectivity index (χ4n) is 1.69. The second-order valence-electron chi connectivity index (χ2n) is 4.07. The number of aldehydes is 1. The molecule has 0 bridgehead atoms. The highest BCUT2D eigenvalue weighted by molar-refractivity contribution is 5.79.